The van der Waals surface area contributed by atoms with Gasteiger partial charge in [0.1, 0.15) is 5.76 Å². The van der Waals surface area contributed by atoms with Crippen LogP contribution in [-0.4, -0.2) is 29.5 Å². The van der Waals surface area contributed by atoms with Crippen molar-refractivity contribution in [2.24, 2.45) is 5.92 Å². The summed E-state index contributed by atoms with van der Waals surface area (Å²) in [5, 5.41) is 11.8. The molecule has 1 aromatic carbocycles. The summed E-state index contributed by atoms with van der Waals surface area (Å²) in [6, 6.07) is 5.39. The van der Waals surface area contributed by atoms with E-state index in [1.165, 1.54) is 12.1 Å². The molecule has 0 unspecified atom stereocenters. The Morgan fingerprint density at radius 2 is 2.00 bits per heavy atom. The smallest absolute Gasteiger partial charge is 0.418 e. The molecule has 0 amide bonds. The Morgan fingerprint density at radius 1 is 1.29 bits per heavy atom. The van der Waals surface area contributed by atoms with E-state index in [2.05, 4.69) is 15.2 Å². The van der Waals surface area contributed by atoms with Crippen molar-refractivity contribution >= 4 is 5.69 Å². The Hall–Kier alpha value is -2.53. The molecule has 2 heterocycles. The third-order valence-corrected chi connectivity index (χ3v) is 5.17. The molecule has 1 N–H and O–H groups in total. The number of benzene rings is 1. The molecule has 28 heavy (non-hydrogen) atoms. The minimum absolute atomic E-state index is 0.00296. The molecule has 1 fully saturated rings. The largest absolute Gasteiger partial charge is 0.444 e. The third-order valence-electron chi connectivity index (χ3n) is 5.17. The number of hydrogen-bond acceptors (Lipinski definition) is 5. The number of hydrogen-bond donors (Lipinski definition) is 1. The van der Waals surface area contributed by atoms with Gasteiger partial charge in [0, 0.05) is 12.2 Å². The average molecular weight is 392 g/mol. The maximum absolute atomic E-state index is 13.2. The van der Waals surface area contributed by atoms with E-state index < -0.39 is 11.7 Å². The average Bonchev–Trinajstić information content (AvgIpc) is 2.97. The van der Waals surface area contributed by atoms with E-state index in [0.29, 0.717) is 24.9 Å². The first-order valence-electron chi connectivity index (χ1n) is 9.26. The molecule has 2 aromatic rings. The number of likely N-dealkylation sites (tertiary alicyclic amines) is 1. The van der Waals surface area contributed by atoms with Crippen LogP contribution in [0.3, 0.4) is 0 Å². The van der Waals surface area contributed by atoms with Gasteiger partial charge in [0.05, 0.1) is 29.4 Å². The number of nitriles is 1. The van der Waals surface area contributed by atoms with Crippen molar-refractivity contribution < 1.29 is 17.6 Å². The van der Waals surface area contributed by atoms with Gasteiger partial charge in [-0.05, 0) is 63.9 Å². The van der Waals surface area contributed by atoms with Crippen molar-refractivity contribution in [1.82, 2.24) is 9.88 Å². The number of piperidine rings is 1. The molecule has 1 aliphatic heterocycles. The Labute approximate surface area is 162 Å². The van der Waals surface area contributed by atoms with Gasteiger partial charge < -0.3 is 9.73 Å². The quantitative estimate of drug-likeness (QED) is 0.811. The Bertz CT molecular complexity index is 842. The van der Waals surface area contributed by atoms with E-state index in [9.17, 15) is 13.2 Å². The van der Waals surface area contributed by atoms with Crippen LogP contribution < -0.4 is 5.32 Å². The lowest BCUT2D eigenvalue weighted by molar-refractivity contribution is -0.137. The molecule has 0 saturated carbocycles. The van der Waals surface area contributed by atoms with Crippen LogP contribution in [0.1, 0.15) is 41.3 Å². The zero-order valence-corrected chi connectivity index (χ0v) is 15.9. The highest BCUT2D eigenvalue weighted by Gasteiger charge is 2.34. The summed E-state index contributed by atoms with van der Waals surface area (Å²) in [5.41, 5.74) is 0.137. The van der Waals surface area contributed by atoms with Crippen molar-refractivity contribution in [2.75, 3.05) is 25.0 Å². The molecule has 8 heteroatoms. The fraction of sp³-hybridized carbons (Fsp3) is 0.500. The van der Waals surface area contributed by atoms with Crippen molar-refractivity contribution in [3.63, 3.8) is 0 Å². The van der Waals surface area contributed by atoms with E-state index in [1.807, 2.05) is 13.8 Å². The molecule has 1 aliphatic rings. The highest BCUT2D eigenvalue weighted by Crippen LogP contribution is 2.35. The number of aryl methyl sites for hydroxylation is 2. The van der Waals surface area contributed by atoms with Gasteiger partial charge in [-0.15, -0.1) is 0 Å². The molecule has 150 valence electrons. The van der Waals surface area contributed by atoms with Crippen LogP contribution in [0.15, 0.2) is 22.6 Å². The van der Waals surface area contributed by atoms with E-state index in [0.717, 1.165) is 43.5 Å². The predicted octanol–water partition coefficient (Wildman–Crippen LogP) is 4.51. The SMILES string of the molecule is Cc1nc(CN2CCC(CNc3ccc(C#N)cc3C(F)(F)F)CC2)oc1C. The molecule has 0 atom stereocenters. The molecular weight excluding hydrogens is 369 g/mol. The van der Waals surface area contributed by atoms with Crippen LogP contribution in [0.5, 0.6) is 0 Å². The molecule has 1 aromatic heterocycles. The van der Waals surface area contributed by atoms with Crippen LogP contribution >= 0.6 is 0 Å². The zero-order chi connectivity index (χ0) is 20.3. The first-order chi connectivity index (χ1) is 13.3. The molecule has 1 saturated heterocycles. The number of aromatic nitrogens is 1. The first-order valence-corrected chi connectivity index (χ1v) is 9.26. The summed E-state index contributed by atoms with van der Waals surface area (Å²) >= 11 is 0. The van der Waals surface area contributed by atoms with Gasteiger partial charge >= 0.3 is 6.18 Å². The number of nitrogens with one attached hydrogen (secondary N) is 1. The first kappa shape index (κ1) is 20.2. The molecule has 0 aliphatic carbocycles. The van der Waals surface area contributed by atoms with Gasteiger partial charge in [0.25, 0.3) is 0 Å². The van der Waals surface area contributed by atoms with E-state index in [-0.39, 0.29) is 11.3 Å². The summed E-state index contributed by atoms with van der Waals surface area (Å²) in [6.45, 7) is 6.64. The fourth-order valence-electron chi connectivity index (χ4n) is 3.40. The standard InChI is InChI=1S/C20H23F3N4O/c1-13-14(2)28-19(26-13)12-27-7-5-15(6-8-27)11-25-18-4-3-16(10-24)9-17(18)20(21,22)23/h3-4,9,15,25H,5-8,11-12H2,1-2H3. The van der Waals surface area contributed by atoms with Crippen LogP contribution in [-0.2, 0) is 12.7 Å². The monoisotopic (exact) mass is 392 g/mol. The van der Waals surface area contributed by atoms with Crippen molar-refractivity contribution in [3.8, 4) is 6.07 Å². The van der Waals surface area contributed by atoms with Crippen LogP contribution in [0, 0.1) is 31.1 Å². The lowest BCUT2D eigenvalue weighted by Crippen LogP contribution is -2.35. The second-order valence-electron chi connectivity index (χ2n) is 7.22. The summed E-state index contributed by atoms with van der Waals surface area (Å²) < 4.78 is 45.4. The van der Waals surface area contributed by atoms with Crippen LogP contribution in [0.25, 0.3) is 0 Å². The zero-order valence-electron chi connectivity index (χ0n) is 15.9. The number of rotatable bonds is 5. The Morgan fingerprint density at radius 3 is 2.57 bits per heavy atom. The van der Waals surface area contributed by atoms with Crippen molar-refractivity contribution in [2.45, 2.75) is 39.4 Å². The Kier molecular flexibility index (Phi) is 5.94. The summed E-state index contributed by atoms with van der Waals surface area (Å²) in [5.74, 6) is 1.83. The van der Waals surface area contributed by atoms with Crippen LogP contribution in [0.4, 0.5) is 18.9 Å². The lowest BCUT2D eigenvalue weighted by atomic mass is 9.96. The number of oxazole rings is 1. The second kappa shape index (κ2) is 8.23. The summed E-state index contributed by atoms with van der Waals surface area (Å²) in [4.78, 5) is 6.65. The lowest BCUT2D eigenvalue weighted by Gasteiger charge is -2.31. The maximum Gasteiger partial charge on any atom is 0.418 e. The van der Waals surface area contributed by atoms with Gasteiger partial charge in [-0.1, -0.05) is 0 Å². The van der Waals surface area contributed by atoms with Crippen molar-refractivity contribution in [3.05, 3.63) is 46.7 Å². The van der Waals surface area contributed by atoms with Crippen LogP contribution in [0.2, 0.25) is 0 Å². The second-order valence-corrected chi connectivity index (χ2v) is 7.22. The van der Waals surface area contributed by atoms with E-state index >= 15 is 0 Å². The summed E-state index contributed by atoms with van der Waals surface area (Å²) in [6.07, 6.45) is -2.71. The number of halogens is 3. The minimum Gasteiger partial charge on any atom is -0.444 e. The molecule has 5 nitrogen and oxygen atoms in total. The predicted molar refractivity (Wildman–Crippen MR) is 98.6 cm³/mol. The molecule has 0 radical (unpaired) electrons. The van der Waals surface area contributed by atoms with E-state index in [1.54, 1.807) is 6.07 Å². The maximum atomic E-state index is 13.2. The minimum atomic E-state index is -4.50. The molecule has 0 spiro atoms. The molecule has 3 rings (SSSR count). The topological polar surface area (TPSA) is 65.1 Å². The fourth-order valence-corrected chi connectivity index (χ4v) is 3.40. The molecule has 0 bridgehead atoms. The third kappa shape index (κ3) is 4.84. The number of alkyl halides is 3. The Balaban J connectivity index is 1.54. The highest BCUT2D eigenvalue weighted by molar-refractivity contribution is 5.56. The van der Waals surface area contributed by atoms with Gasteiger partial charge in [-0.25, -0.2) is 4.98 Å². The van der Waals surface area contributed by atoms with Gasteiger partial charge in [0.15, 0.2) is 0 Å². The summed E-state index contributed by atoms with van der Waals surface area (Å²) in [7, 11) is 0. The van der Waals surface area contributed by atoms with Crippen molar-refractivity contribution in [1.29, 1.82) is 5.26 Å². The van der Waals surface area contributed by atoms with Gasteiger partial charge in [-0.2, -0.15) is 18.4 Å². The van der Waals surface area contributed by atoms with Gasteiger partial charge in [-0.3, -0.25) is 4.90 Å². The number of nitrogens with zero attached hydrogens (tertiary/aromatic N) is 3. The van der Waals surface area contributed by atoms with E-state index in [4.69, 9.17) is 9.68 Å². The highest BCUT2D eigenvalue weighted by atomic mass is 19.4. The number of anilines is 1. The molecular formula is C20H23F3N4O. The van der Waals surface area contributed by atoms with Gasteiger partial charge in [0.2, 0.25) is 5.89 Å². The normalized spacial score (nSPS) is 16.1.